The molecule has 1 amide bonds. The summed E-state index contributed by atoms with van der Waals surface area (Å²) in [5.74, 6) is 0.101. The summed E-state index contributed by atoms with van der Waals surface area (Å²) in [5.41, 5.74) is 1.57. The first-order valence-electron chi connectivity index (χ1n) is 9.88. The van der Waals surface area contributed by atoms with Crippen molar-refractivity contribution in [1.29, 1.82) is 0 Å². The van der Waals surface area contributed by atoms with Gasteiger partial charge in [-0.05, 0) is 24.6 Å². The van der Waals surface area contributed by atoms with Gasteiger partial charge in [0.2, 0.25) is 23.2 Å². The molecule has 1 aromatic heterocycles. The third kappa shape index (κ3) is 4.22. The number of benzene rings is 2. The molecule has 3 aromatic rings. The number of nitrogens with zero attached hydrogens (tertiary/aromatic N) is 4. The molecular weight excluding hydrogens is 439 g/mol. The molecular formula is C22H20ClFN4O2S. The maximum Gasteiger partial charge on any atom is 0.247 e. The van der Waals surface area contributed by atoms with Gasteiger partial charge in [-0.1, -0.05) is 61.0 Å². The van der Waals surface area contributed by atoms with E-state index < -0.39 is 12.0 Å². The SMILES string of the molecule is CCCCSc1nnc2c(n1)O[C@H](c1c(F)cccc1Cl)N(C(C)=O)c1ccccc1-2. The van der Waals surface area contributed by atoms with E-state index in [1.165, 1.54) is 35.7 Å². The largest absolute Gasteiger partial charge is 0.447 e. The molecule has 4 rings (SSSR count). The summed E-state index contributed by atoms with van der Waals surface area (Å²) in [6, 6.07) is 11.5. The van der Waals surface area contributed by atoms with E-state index in [2.05, 4.69) is 22.1 Å². The Morgan fingerprint density at radius 1 is 1.23 bits per heavy atom. The standard InChI is InChI=1S/C22H20ClFN4O2S/c1-3-4-12-31-22-25-20-19(26-27-22)14-8-5-6-11-17(14)28(13(2)29)21(30-20)18-15(23)9-7-10-16(18)24/h5-11,21H,3-4,12H2,1-2H3/t21-/m1/s1. The molecule has 0 saturated carbocycles. The van der Waals surface area contributed by atoms with Crippen molar-refractivity contribution in [2.24, 2.45) is 0 Å². The lowest BCUT2D eigenvalue weighted by atomic mass is 10.1. The molecule has 160 valence electrons. The number of unbranched alkanes of at least 4 members (excludes halogenated alkanes) is 1. The molecule has 0 N–H and O–H groups in total. The predicted octanol–water partition coefficient (Wildman–Crippen LogP) is 5.67. The molecule has 0 saturated heterocycles. The summed E-state index contributed by atoms with van der Waals surface area (Å²) >= 11 is 7.82. The van der Waals surface area contributed by atoms with Crippen LogP contribution in [0.1, 0.15) is 38.5 Å². The van der Waals surface area contributed by atoms with Gasteiger partial charge in [0.15, 0.2) is 5.69 Å². The van der Waals surface area contributed by atoms with Crippen LogP contribution in [0.3, 0.4) is 0 Å². The highest BCUT2D eigenvalue weighted by Gasteiger charge is 2.37. The zero-order chi connectivity index (χ0) is 22.0. The number of thioether (sulfide) groups is 1. The van der Waals surface area contributed by atoms with Crippen molar-refractivity contribution >= 4 is 35.0 Å². The van der Waals surface area contributed by atoms with Gasteiger partial charge < -0.3 is 4.74 Å². The van der Waals surface area contributed by atoms with Crippen LogP contribution in [-0.2, 0) is 4.79 Å². The number of hydrogen-bond acceptors (Lipinski definition) is 6. The molecule has 6 nitrogen and oxygen atoms in total. The van der Waals surface area contributed by atoms with Gasteiger partial charge in [-0.25, -0.2) is 4.39 Å². The van der Waals surface area contributed by atoms with E-state index in [4.69, 9.17) is 16.3 Å². The first-order chi connectivity index (χ1) is 15.0. The number of para-hydroxylation sites is 1. The van der Waals surface area contributed by atoms with Crippen LogP contribution in [0.2, 0.25) is 5.02 Å². The van der Waals surface area contributed by atoms with Crippen LogP contribution in [0.25, 0.3) is 11.3 Å². The van der Waals surface area contributed by atoms with Crippen LogP contribution in [0.5, 0.6) is 5.88 Å². The summed E-state index contributed by atoms with van der Waals surface area (Å²) in [4.78, 5) is 18.6. The van der Waals surface area contributed by atoms with Crippen LogP contribution in [0.15, 0.2) is 47.6 Å². The van der Waals surface area contributed by atoms with Gasteiger partial charge in [0.1, 0.15) is 5.82 Å². The molecule has 2 heterocycles. The number of anilines is 1. The van der Waals surface area contributed by atoms with Crippen molar-refractivity contribution in [3.63, 3.8) is 0 Å². The Balaban J connectivity index is 1.90. The first-order valence-corrected chi connectivity index (χ1v) is 11.2. The molecule has 1 atom stereocenters. The first kappa shape index (κ1) is 21.5. The molecule has 0 aliphatic carbocycles. The zero-order valence-electron chi connectivity index (χ0n) is 17.0. The number of hydrogen-bond donors (Lipinski definition) is 0. The number of halogens is 2. The van der Waals surface area contributed by atoms with Crippen LogP contribution in [-0.4, -0.2) is 26.8 Å². The van der Waals surface area contributed by atoms with E-state index in [9.17, 15) is 9.18 Å². The van der Waals surface area contributed by atoms with Crippen LogP contribution in [0.4, 0.5) is 10.1 Å². The number of ether oxygens (including phenoxy) is 1. The normalized spacial score (nSPS) is 15.0. The molecule has 0 spiro atoms. The zero-order valence-corrected chi connectivity index (χ0v) is 18.6. The van der Waals surface area contributed by atoms with Crippen LogP contribution in [0, 0.1) is 5.82 Å². The molecule has 1 aliphatic rings. The fourth-order valence-electron chi connectivity index (χ4n) is 3.36. The summed E-state index contributed by atoms with van der Waals surface area (Å²) in [7, 11) is 0. The highest BCUT2D eigenvalue weighted by Crippen LogP contribution is 2.44. The number of fused-ring (bicyclic) bond motifs is 3. The molecule has 0 fully saturated rings. The van der Waals surface area contributed by atoms with Crippen molar-refractivity contribution in [2.45, 2.75) is 38.1 Å². The van der Waals surface area contributed by atoms with E-state index >= 15 is 0 Å². The van der Waals surface area contributed by atoms with E-state index in [1.54, 1.807) is 24.3 Å². The van der Waals surface area contributed by atoms with E-state index in [0.29, 0.717) is 22.1 Å². The molecule has 0 radical (unpaired) electrons. The fourth-order valence-corrected chi connectivity index (χ4v) is 4.47. The molecule has 1 aliphatic heterocycles. The summed E-state index contributed by atoms with van der Waals surface area (Å²) in [5, 5.41) is 9.18. The van der Waals surface area contributed by atoms with Crippen LogP contribution < -0.4 is 9.64 Å². The third-order valence-corrected chi connectivity index (χ3v) is 6.08. The minimum Gasteiger partial charge on any atom is -0.447 e. The molecule has 9 heteroatoms. The van der Waals surface area contributed by atoms with Crippen molar-refractivity contribution in [3.05, 3.63) is 58.9 Å². The Hall–Kier alpha value is -2.71. The smallest absolute Gasteiger partial charge is 0.247 e. The Morgan fingerprint density at radius 3 is 2.77 bits per heavy atom. The number of carbonyl (C=O) groups excluding carboxylic acids is 1. The van der Waals surface area contributed by atoms with Gasteiger partial charge in [-0.2, -0.15) is 4.98 Å². The van der Waals surface area contributed by atoms with Crippen molar-refractivity contribution in [2.75, 3.05) is 10.7 Å². The van der Waals surface area contributed by atoms with Gasteiger partial charge in [0, 0.05) is 18.2 Å². The predicted molar refractivity (Wildman–Crippen MR) is 119 cm³/mol. The van der Waals surface area contributed by atoms with Gasteiger partial charge in [-0.15, -0.1) is 10.2 Å². The number of carbonyl (C=O) groups is 1. The van der Waals surface area contributed by atoms with Crippen LogP contribution >= 0.6 is 23.4 Å². The Morgan fingerprint density at radius 2 is 2.03 bits per heavy atom. The number of amides is 1. The topological polar surface area (TPSA) is 68.2 Å². The lowest BCUT2D eigenvalue weighted by Gasteiger charge is -2.30. The fraction of sp³-hybridized carbons (Fsp3) is 0.273. The Kier molecular flexibility index (Phi) is 6.38. The highest BCUT2D eigenvalue weighted by molar-refractivity contribution is 7.99. The Bertz CT molecular complexity index is 1110. The lowest BCUT2D eigenvalue weighted by molar-refractivity contribution is -0.118. The van der Waals surface area contributed by atoms with Gasteiger partial charge >= 0.3 is 0 Å². The maximum atomic E-state index is 14.9. The molecule has 0 bridgehead atoms. The van der Waals surface area contributed by atoms with Crippen molar-refractivity contribution in [1.82, 2.24) is 15.2 Å². The average molecular weight is 459 g/mol. The average Bonchev–Trinajstić information content (AvgIpc) is 2.88. The lowest BCUT2D eigenvalue weighted by Crippen LogP contribution is -2.36. The molecule has 0 unspecified atom stereocenters. The number of rotatable bonds is 5. The second kappa shape index (κ2) is 9.20. The summed E-state index contributed by atoms with van der Waals surface area (Å²) < 4.78 is 21.0. The highest BCUT2D eigenvalue weighted by atomic mass is 35.5. The van der Waals surface area contributed by atoms with Gasteiger partial charge in [0.25, 0.3) is 0 Å². The second-order valence-corrected chi connectivity index (χ2v) is 8.43. The molecule has 2 aromatic carbocycles. The minimum absolute atomic E-state index is 0.0563. The van der Waals surface area contributed by atoms with E-state index in [1.807, 2.05) is 6.07 Å². The second-order valence-electron chi connectivity index (χ2n) is 6.96. The monoisotopic (exact) mass is 458 g/mol. The third-order valence-electron chi connectivity index (χ3n) is 4.83. The minimum atomic E-state index is -1.15. The quantitative estimate of drug-likeness (QED) is 0.362. The van der Waals surface area contributed by atoms with Gasteiger partial charge in [-0.3, -0.25) is 9.69 Å². The summed E-state index contributed by atoms with van der Waals surface area (Å²) in [6.45, 7) is 3.50. The van der Waals surface area contributed by atoms with E-state index in [-0.39, 0.29) is 22.4 Å². The van der Waals surface area contributed by atoms with Gasteiger partial charge in [0.05, 0.1) is 16.3 Å². The van der Waals surface area contributed by atoms with E-state index in [0.717, 1.165) is 18.6 Å². The Labute approximate surface area is 188 Å². The summed E-state index contributed by atoms with van der Waals surface area (Å²) in [6.07, 6.45) is 0.913. The maximum absolute atomic E-state index is 14.9. The van der Waals surface area contributed by atoms with Crippen molar-refractivity contribution < 1.29 is 13.9 Å². The van der Waals surface area contributed by atoms with Crippen molar-refractivity contribution in [3.8, 4) is 17.1 Å². The number of aromatic nitrogens is 3. The molecule has 31 heavy (non-hydrogen) atoms.